The van der Waals surface area contributed by atoms with Crippen LogP contribution in [0.15, 0.2) is 48.5 Å². The van der Waals surface area contributed by atoms with Crippen LogP contribution in [-0.4, -0.2) is 5.91 Å². The Morgan fingerprint density at radius 2 is 1.80 bits per heavy atom. The number of benzene rings is 2. The lowest BCUT2D eigenvalue weighted by atomic mass is 9.83. The number of para-hydroxylation sites is 1. The fourth-order valence-corrected chi connectivity index (χ4v) is 3.82. The van der Waals surface area contributed by atoms with E-state index in [0.29, 0.717) is 0 Å². The Morgan fingerprint density at radius 1 is 1.10 bits per heavy atom. The largest absolute Gasteiger partial charge is 0.325 e. The normalized spacial score (nSPS) is 30.2. The fraction of sp³-hybridized carbons (Fsp3) is 0.235. The van der Waals surface area contributed by atoms with Crippen LogP contribution in [0.2, 0.25) is 5.02 Å². The van der Waals surface area contributed by atoms with Gasteiger partial charge in [0.05, 0.1) is 5.41 Å². The summed E-state index contributed by atoms with van der Waals surface area (Å²) >= 11 is 5.96. The number of anilines is 1. The molecule has 100 valence electrons. The second kappa shape index (κ2) is 3.64. The van der Waals surface area contributed by atoms with Crippen LogP contribution in [0.5, 0.6) is 0 Å². The zero-order valence-corrected chi connectivity index (χ0v) is 11.9. The van der Waals surface area contributed by atoms with Crippen molar-refractivity contribution in [2.75, 3.05) is 5.32 Å². The highest BCUT2D eigenvalue weighted by Crippen LogP contribution is 2.68. The van der Waals surface area contributed by atoms with Crippen molar-refractivity contribution in [1.29, 1.82) is 0 Å². The lowest BCUT2D eigenvalue weighted by Crippen LogP contribution is -2.27. The molecule has 0 saturated heterocycles. The van der Waals surface area contributed by atoms with E-state index in [-0.39, 0.29) is 11.3 Å². The molecule has 1 N–H and O–H groups in total. The molecule has 1 amide bonds. The molecule has 0 aromatic heterocycles. The van der Waals surface area contributed by atoms with E-state index >= 15 is 0 Å². The number of halogens is 1. The van der Waals surface area contributed by atoms with Gasteiger partial charge < -0.3 is 5.32 Å². The second-order valence-corrected chi connectivity index (χ2v) is 6.36. The van der Waals surface area contributed by atoms with Crippen LogP contribution in [0, 0.1) is 0 Å². The highest BCUT2D eigenvalue weighted by Gasteiger charge is 2.73. The lowest BCUT2D eigenvalue weighted by Gasteiger charge is -2.17. The van der Waals surface area contributed by atoms with Crippen molar-refractivity contribution in [2.45, 2.75) is 24.2 Å². The van der Waals surface area contributed by atoms with Crippen molar-refractivity contribution >= 4 is 23.2 Å². The maximum absolute atomic E-state index is 12.5. The number of fused-ring (bicyclic) bond motifs is 2. The van der Waals surface area contributed by atoms with E-state index in [1.807, 2.05) is 42.5 Å². The first-order valence-corrected chi connectivity index (χ1v) is 7.13. The predicted octanol–water partition coefficient (Wildman–Crippen LogP) is 3.89. The maximum atomic E-state index is 12.5. The van der Waals surface area contributed by atoms with Crippen molar-refractivity contribution in [3.05, 3.63) is 64.7 Å². The Kier molecular flexibility index (Phi) is 2.18. The molecule has 2 aliphatic rings. The zero-order chi connectivity index (χ0) is 14.0. The first kappa shape index (κ1) is 12.0. The van der Waals surface area contributed by atoms with E-state index in [4.69, 9.17) is 11.6 Å². The zero-order valence-electron chi connectivity index (χ0n) is 11.1. The molecule has 1 heterocycles. The monoisotopic (exact) mass is 283 g/mol. The molecule has 3 heteroatoms. The van der Waals surface area contributed by atoms with Crippen molar-refractivity contribution in [1.82, 2.24) is 0 Å². The molecule has 2 aromatic carbocycles. The molecule has 1 spiro atoms. The number of carbonyl (C=O) groups is 1. The average molecular weight is 284 g/mol. The topological polar surface area (TPSA) is 29.1 Å². The molecular formula is C17H14ClNO. The third-order valence-corrected chi connectivity index (χ3v) is 5.19. The number of hydrogen-bond donors (Lipinski definition) is 1. The molecule has 2 nitrogen and oxygen atoms in total. The molecule has 2 unspecified atom stereocenters. The summed E-state index contributed by atoms with van der Waals surface area (Å²) in [4.78, 5) is 12.5. The van der Waals surface area contributed by atoms with Gasteiger partial charge in [0.1, 0.15) is 0 Å². The van der Waals surface area contributed by atoms with Gasteiger partial charge in [-0.1, -0.05) is 48.9 Å². The molecule has 1 aliphatic carbocycles. The van der Waals surface area contributed by atoms with Crippen molar-refractivity contribution in [3.8, 4) is 0 Å². The minimum atomic E-state index is -0.405. The number of amides is 1. The first-order chi connectivity index (χ1) is 9.58. The van der Waals surface area contributed by atoms with Gasteiger partial charge in [0.15, 0.2) is 0 Å². The van der Waals surface area contributed by atoms with Crippen LogP contribution in [0.4, 0.5) is 5.69 Å². The minimum Gasteiger partial charge on any atom is -0.325 e. The van der Waals surface area contributed by atoms with Crippen LogP contribution < -0.4 is 5.32 Å². The van der Waals surface area contributed by atoms with Crippen LogP contribution in [0.3, 0.4) is 0 Å². The van der Waals surface area contributed by atoms with Gasteiger partial charge in [-0.25, -0.2) is 0 Å². The SMILES string of the molecule is CC1(c2ccc(Cl)cc2)CC12C(=O)Nc1ccccc12. The van der Waals surface area contributed by atoms with E-state index in [9.17, 15) is 4.79 Å². The van der Waals surface area contributed by atoms with Gasteiger partial charge in [-0.3, -0.25) is 4.79 Å². The molecule has 1 fully saturated rings. The van der Waals surface area contributed by atoms with Crippen molar-refractivity contribution in [2.24, 2.45) is 0 Å². The summed E-state index contributed by atoms with van der Waals surface area (Å²) < 4.78 is 0. The smallest absolute Gasteiger partial charge is 0.236 e. The second-order valence-electron chi connectivity index (χ2n) is 5.92. The van der Waals surface area contributed by atoms with Gasteiger partial charge in [-0.2, -0.15) is 0 Å². The quantitative estimate of drug-likeness (QED) is 0.845. The molecule has 20 heavy (non-hydrogen) atoms. The van der Waals surface area contributed by atoms with E-state index < -0.39 is 5.41 Å². The van der Waals surface area contributed by atoms with Gasteiger partial charge >= 0.3 is 0 Å². The summed E-state index contributed by atoms with van der Waals surface area (Å²) in [6.45, 7) is 2.16. The molecule has 1 aliphatic heterocycles. The third kappa shape index (κ3) is 1.27. The molecular weight excluding hydrogens is 270 g/mol. The molecule has 1 saturated carbocycles. The first-order valence-electron chi connectivity index (χ1n) is 6.75. The minimum absolute atomic E-state index is 0.121. The lowest BCUT2D eigenvalue weighted by molar-refractivity contribution is -0.118. The summed E-state index contributed by atoms with van der Waals surface area (Å²) in [5.41, 5.74) is 2.71. The summed E-state index contributed by atoms with van der Waals surface area (Å²) in [7, 11) is 0. The number of hydrogen-bond acceptors (Lipinski definition) is 1. The van der Waals surface area contributed by atoms with E-state index in [1.54, 1.807) is 0 Å². The standard InChI is InChI=1S/C17H14ClNO/c1-16(11-6-8-12(18)9-7-11)10-17(16)13-4-2-3-5-14(13)19-15(17)20/h2-9H,10H2,1H3,(H,19,20). The van der Waals surface area contributed by atoms with Crippen molar-refractivity contribution in [3.63, 3.8) is 0 Å². The summed E-state index contributed by atoms with van der Waals surface area (Å²) in [5, 5.41) is 3.75. The highest BCUT2D eigenvalue weighted by molar-refractivity contribution is 6.30. The molecule has 0 bridgehead atoms. The van der Waals surface area contributed by atoms with Gasteiger partial charge in [0.2, 0.25) is 5.91 Å². The number of nitrogens with one attached hydrogen (secondary N) is 1. The number of rotatable bonds is 1. The van der Waals surface area contributed by atoms with E-state index in [0.717, 1.165) is 22.7 Å². The Bertz CT molecular complexity index is 724. The van der Waals surface area contributed by atoms with Crippen LogP contribution >= 0.6 is 11.6 Å². The Morgan fingerprint density at radius 3 is 2.55 bits per heavy atom. The van der Waals surface area contributed by atoms with Crippen LogP contribution in [0.25, 0.3) is 0 Å². The van der Waals surface area contributed by atoms with Gasteiger partial charge in [0.25, 0.3) is 0 Å². The van der Waals surface area contributed by atoms with Gasteiger partial charge in [0, 0.05) is 16.1 Å². The van der Waals surface area contributed by atoms with Gasteiger partial charge in [-0.05, 0) is 35.7 Å². The summed E-state index contributed by atoms with van der Waals surface area (Å²) in [6, 6.07) is 15.9. The molecule has 2 atom stereocenters. The summed E-state index contributed by atoms with van der Waals surface area (Å²) in [6.07, 6.45) is 0.852. The van der Waals surface area contributed by atoms with Crippen molar-refractivity contribution < 1.29 is 4.79 Å². The predicted molar refractivity (Wildman–Crippen MR) is 80.2 cm³/mol. The van der Waals surface area contributed by atoms with Crippen LogP contribution in [0.1, 0.15) is 24.5 Å². The third-order valence-electron chi connectivity index (χ3n) is 4.94. The maximum Gasteiger partial charge on any atom is 0.236 e. The Labute approximate surface area is 122 Å². The Hall–Kier alpha value is -1.80. The average Bonchev–Trinajstić information content (AvgIpc) is 2.99. The van der Waals surface area contributed by atoms with Crippen LogP contribution in [-0.2, 0) is 15.6 Å². The van der Waals surface area contributed by atoms with E-state index in [2.05, 4.69) is 18.3 Å². The molecule has 0 radical (unpaired) electrons. The highest BCUT2D eigenvalue weighted by atomic mass is 35.5. The fourth-order valence-electron chi connectivity index (χ4n) is 3.69. The summed E-state index contributed by atoms with van der Waals surface area (Å²) in [5.74, 6) is 0.121. The Balaban J connectivity index is 1.85. The van der Waals surface area contributed by atoms with E-state index in [1.165, 1.54) is 5.56 Å². The van der Waals surface area contributed by atoms with Gasteiger partial charge in [-0.15, -0.1) is 0 Å². The molecule has 4 rings (SSSR count). The molecule has 2 aromatic rings. The number of carbonyl (C=O) groups excluding carboxylic acids is 1.